The summed E-state index contributed by atoms with van der Waals surface area (Å²) in [5.41, 5.74) is 2.23. The normalized spacial score (nSPS) is 15.4. The quantitative estimate of drug-likeness (QED) is 0.765. The first kappa shape index (κ1) is 20.5. The first-order valence-corrected chi connectivity index (χ1v) is 10.8. The molecule has 0 spiro atoms. The molecule has 2 aromatic carbocycles. The zero-order valence-electron chi connectivity index (χ0n) is 16.2. The summed E-state index contributed by atoms with van der Waals surface area (Å²) in [6, 6.07) is 11.3. The molecule has 5 nitrogen and oxygen atoms in total. The van der Waals surface area contributed by atoms with Crippen molar-refractivity contribution < 1.29 is 17.6 Å². The van der Waals surface area contributed by atoms with Crippen LogP contribution in [-0.2, 0) is 16.6 Å². The number of aryl methyl sites for hydroxylation is 1. The summed E-state index contributed by atoms with van der Waals surface area (Å²) < 4.78 is 41.4. The van der Waals surface area contributed by atoms with Gasteiger partial charge in [-0.3, -0.25) is 4.79 Å². The van der Waals surface area contributed by atoms with E-state index in [1.165, 1.54) is 15.3 Å². The molecule has 1 aliphatic rings. The van der Waals surface area contributed by atoms with Gasteiger partial charge in [-0.25, -0.2) is 12.8 Å². The number of carbonyl (C=O) groups is 1. The first-order valence-electron chi connectivity index (χ1n) is 9.40. The average molecular weight is 405 g/mol. The number of piperidine rings is 1. The second-order valence-corrected chi connectivity index (χ2v) is 9.10. The zero-order chi connectivity index (χ0) is 20.3. The van der Waals surface area contributed by atoms with Gasteiger partial charge in [0, 0.05) is 32.2 Å². The summed E-state index contributed by atoms with van der Waals surface area (Å²) in [4.78, 5) is 13.9. The fourth-order valence-corrected chi connectivity index (χ4v) is 5.02. The molecular formula is C21H25FN2O3S. The van der Waals surface area contributed by atoms with Crippen molar-refractivity contribution in [2.45, 2.75) is 37.6 Å². The highest BCUT2D eigenvalue weighted by Crippen LogP contribution is 2.24. The van der Waals surface area contributed by atoms with Crippen molar-refractivity contribution in [1.29, 1.82) is 0 Å². The summed E-state index contributed by atoms with van der Waals surface area (Å²) in [6.07, 6.45) is 2.49. The van der Waals surface area contributed by atoms with Crippen molar-refractivity contribution in [3.63, 3.8) is 0 Å². The molecule has 2 aromatic rings. The Kier molecular flexibility index (Phi) is 6.15. The number of amides is 1. The molecule has 28 heavy (non-hydrogen) atoms. The Bertz CT molecular complexity index is 969. The number of rotatable bonds is 5. The molecule has 1 amide bonds. The maximum Gasteiger partial charge on any atom is 0.253 e. The van der Waals surface area contributed by atoms with E-state index in [0.29, 0.717) is 19.6 Å². The highest BCUT2D eigenvalue weighted by molar-refractivity contribution is 7.89. The Morgan fingerprint density at radius 2 is 1.79 bits per heavy atom. The lowest BCUT2D eigenvalue weighted by molar-refractivity contribution is 0.0784. The molecule has 3 rings (SSSR count). The fourth-order valence-electron chi connectivity index (χ4n) is 3.41. The van der Waals surface area contributed by atoms with Crippen molar-refractivity contribution in [2.75, 3.05) is 20.1 Å². The third-order valence-electron chi connectivity index (χ3n) is 5.13. The van der Waals surface area contributed by atoms with Gasteiger partial charge in [0.1, 0.15) is 10.7 Å². The van der Waals surface area contributed by atoms with Gasteiger partial charge in [-0.05, 0) is 49.1 Å². The van der Waals surface area contributed by atoms with E-state index in [9.17, 15) is 17.6 Å². The van der Waals surface area contributed by atoms with Crippen LogP contribution in [0.3, 0.4) is 0 Å². The van der Waals surface area contributed by atoms with Gasteiger partial charge < -0.3 is 4.90 Å². The Morgan fingerprint density at radius 3 is 2.46 bits per heavy atom. The number of carbonyl (C=O) groups excluding carboxylic acids is 1. The molecule has 0 N–H and O–H groups in total. The minimum Gasteiger partial charge on any atom is -0.337 e. The van der Waals surface area contributed by atoms with E-state index in [1.807, 2.05) is 31.2 Å². The summed E-state index contributed by atoms with van der Waals surface area (Å²) in [5, 5.41) is 0. The highest BCUT2D eigenvalue weighted by Gasteiger charge is 2.29. The second-order valence-electron chi connectivity index (χ2n) is 7.20. The van der Waals surface area contributed by atoms with E-state index in [2.05, 4.69) is 0 Å². The number of halogens is 1. The second kappa shape index (κ2) is 8.41. The first-order chi connectivity index (χ1) is 13.3. The molecule has 1 heterocycles. The van der Waals surface area contributed by atoms with Crippen LogP contribution < -0.4 is 0 Å². The average Bonchev–Trinajstić information content (AvgIpc) is 2.70. The fraction of sp³-hybridized carbons (Fsp3) is 0.381. The SMILES string of the molecule is Cc1ccccc1CN(C)C(=O)c1ccc(F)c(S(=O)(=O)N2CCCCC2)c1. The van der Waals surface area contributed by atoms with Crippen LogP contribution in [0.1, 0.15) is 40.7 Å². The van der Waals surface area contributed by atoms with Crippen molar-refractivity contribution in [1.82, 2.24) is 9.21 Å². The molecule has 1 saturated heterocycles. The van der Waals surface area contributed by atoms with Crippen molar-refractivity contribution in [3.8, 4) is 0 Å². The predicted octanol–water partition coefficient (Wildman–Crippen LogP) is 3.58. The molecule has 0 aromatic heterocycles. The number of hydrogen-bond acceptors (Lipinski definition) is 3. The molecular weight excluding hydrogens is 379 g/mol. The maximum absolute atomic E-state index is 14.4. The van der Waals surface area contributed by atoms with Gasteiger partial charge in [0.05, 0.1) is 0 Å². The molecule has 7 heteroatoms. The van der Waals surface area contributed by atoms with Crippen LogP contribution in [0.4, 0.5) is 4.39 Å². The smallest absolute Gasteiger partial charge is 0.253 e. The molecule has 0 radical (unpaired) electrons. The third-order valence-corrected chi connectivity index (χ3v) is 7.04. The highest BCUT2D eigenvalue weighted by atomic mass is 32.2. The molecule has 1 fully saturated rings. The monoisotopic (exact) mass is 404 g/mol. The van der Waals surface area contributed by atoms with Crippen LogP contribution in [0, 0.1) is 12.7 Å². The van der Waals surface area contributed by atoms with Gasteiger partial charge in [-0.15, -0.1) is 0 Å². The van der Waals surface area contributed by atoms with E-state index in [-0.39, 0.29) is 11.5 Å². The predicted molar refractivity (Wildman–Crippen MR) is 106 cm³/mol. The zero-order valence-corrected chi connectivity index (χ0v) is 17.0. The van der Waals surface area contributed by atoms with E-state index in [4.69, 9.17) is 0 Å². The maximum atomic E-state index is 14.4. The molecule has 0 aliphatic carbocycles. The summed E-state index contributed by atoms with van der Waals surface area (Å²) in [7, 11) is -2.30. The lowest BCUT2D eigenvalue weighted by atomic mass is 10.1. The lowest BCUT2D eigenvalue weighted by Gasteiger charge is -2.26. The Balaban J connectivity index is 1.86. The molecule has 0 bridgehead atoms. The van der Waals surface area contributed by atoms with E-state index < -0.39 is 20.7 Å². The van der Waals surface area contributed by atoms with Gasteiger partial charge in [-0.2, -0.15) is 4.31 Å². The van der Waals surface area contributed by atoms with Gasteiger partial charge in [-0.1, -0.05) is 30.7 Å². The van der Waals surface area contributed by atoms with Gasteiger partial charge in [0.15, 0.2) is 0 Å². The van der Waals surface area contributed by atoms with E-state index in [1.54, 1.807) is 7.05 Å². The largest absolute Gasteiger partial charge is 0.337 e. The molecule has 150 valence electrons. The van der Waals surface area contributed by atoms with E-state index >= 15 is 0 Å². The molecule has 0 saturated carbocycles. The van der Waals surface area contributed by atoms with Crippen LogP contribution in [0.2, 0.25) is 0 Å². The van der Waals surface area contributed by atoms with Crippen LogP contribution in [0.15, 0.2) is 47.4 Å². The number of sulfonamides is 1. The molecule has 1 aliphatic heterocycles. The number of benzene rings is 2. The van der Waals surface area contributed by atoms with Crippen LogP contribution in [0.25, 0.3) is 0 Å². The Labute approximate surface area is 165 Å². The van der Waals surface area contributed by atoms with Gasteiger partial charge in [0.2, 0.25) is 10.0 Å². The van der Waals surface area contributed by atoms with E-state index in [0.717, 1.165) is 42.5 Å². The van der Waals surface area contributed by atoms with Crippen molar-refractivity contribution in [3.05, 3.63) is 65.0 Å². The topological polar surface area (TPSA) is 57.7 Å². The Hall–Kier alpha value is -2.25. The third kappa shape index (κ3) is 4.25. The number of hydrogen-bond donors (Lipinski definition) is 0. The molecule has 0 unspecified atom stereocenters. The standard InChI is InChI=1S/C21H25FN2O3S/c1-16-8-4-5-9-18(16)15-23(2)21(25)17-10-11-19(22)20(14-17)28(26,27)24-12-6-3-7-13-24/h4-5,8-11,14H,3,6-7,12-13,15H2,1-2H3. The summed E-state index contributed by atoms with van der Waals surface area (Å²) in [6.45, 7) is 3.12. The Morgan fingerprint density at radius 1 is 1.11 bits per heavy atom. The van der Waals surface area contributed by atoms with Gasteiger partial charge >= 0.3 is 0 Å². The van der Waals surface area contributed by atoms with Crippen molar-refractivity contribution >= 4 is 15.9 Å². The van der Waals surface area contributed by atoms with Gasteiger partial charge in [0.25, 0.3) is 5.91 Å². The minimum absolute atomic E-state index is 0.160. The number of nitrogens with zero attached hydrogens (tertiary/aromatic N) is 2. The van der Waals surface area contributed by atoms with Crippen molar-refractivity contribution in [2.24, 2.45) is 0 Å². The van der Waals surface area contributed by atoms with Crippen LogP contribution in [0.5, 0.6) is 0 Å². The summed E-state index contributed by atoms with van der Waals surface area (Å²) >= 11 is 0. The minimum atomic E-state index is -3.95. The lowest BCUT2D eigenvalue weighted by Crippen LogP contribution is -2.36. The summed E-state index contributed by atoms with van der Waals surface area (Å²) in [5.74, 6) is -1.18. The molecule has 0 atom stereocenters. The van der Waals surface area contributed by atoms with Crippen LogP contribution in [-0.4, -0.2) is 43.7 Å². The van der Waals surface area contributed by atoms with Crippen LogP contribution >= 0.6 is 0 Å².